The van der Waals surface area contributed by atoms with Gasteiger partial charge < -0.3 is 15.0 Å². The summed E-state index contributed by atoms with van der Waals surface area (Å²) >= 11 is 0. The second kappa shape index (κ2) is 7.51. The van der Waals surface area contributed by atoms with Gasteiger partial charge in [0.05, 0.1) is 12.3 Å². The van der Waals surface area contributed by atoms with Crippen molar-refractivity contribution in [3.63, 3.8) is 0 Å². The van der Waals surface area contributed by atoms with Crippen molar-refractivity contribution in [2.75, 3.05) is 12.3 Å². The number of ether oxygens (including phenoxy) is 1. The normalized spacial score (nSPS) is 10.9. The zero-order chi connectivity index (χ0) is 19.5. The van der Waals surface area contributed by atoms with Crippen LogP contribution in [0.2, 0.25) is 0 Å². The predicted octanol–water partition coefficient (Wildman–Crippen LogP) is 3.53. The Morgan fingerprint density at radius 3 is 2.68 bits per heavy atom. The highest BCUT2D eigenvalue weighted by Crippen LogP contribution is 2.27. The third-order valence-electron chi connectivity index (χ3n) is 4.32. The monoisotopic (exact) mass is 376 g/mol. The lowest BCUT2D eigenvalue weighted by Crippen LogP contribution is -2.02. The van der Waals surface area contributed by atoms with Crippen LogP contribution in [0.25, 0.3) is 28.7 Å². The summed E-state index contributed by atoms with van der Waals surface area (Å²) in [7, 11) is 0. The van der Waals surface area contributed by atoms with Crippen molar-refractivity contribution in [3.05, 3.63) is 54.1 Å². The Morgan fingerprint density at radius 2 is 1.93 bits per heavy atom. The van der Waals surface area contributed by atoms with Crippen molar-refractivity contribution >= 4 is 5.82 Å². The van der Waals surface area contributed by atoms with Crippen molar-refractivity contribution in [1.82, 2.24) is 25.1 Å². The van der Waals surface area contributed by atoms with E-state index in [9.17, 15) is 0 Å². The number of aryl methyl sites for hydroxylation is 1. The summed E-state index contributed by atoms with van der Waals surface area (Å²) in [5.74, 6) is 1.80. The van der Waals surface area contributed by atoms with E-state index in [2.05, 4.69) is 33.4 Å². The second-order valence-electron chi connectivity index (χ2n) is 6.14. The summed E-state index contributed by atoms with van der Waals surface area (Å²) in [4.78, 5) is 4.41. The highest BCUT2D eigenvalue weighted by molar-refractivity contribution is 5.66. The van der Waals surface area contributed by atoms with E-state index < -0.39 is 0 Å². The zero-order valence-corrected chi connectivity index (χ0v) is 15.7. The molecule has 2 N–H and O–H groups in total. The molecular formula is C20H20N6O2. The number of nitrogens with two attached hydrogens (primary N) is 1. The topological polar surface area (TPSA) is 105 Å². The van der Waals surface area contributed by atoms with Gasteiger partial charge in [-0.3, -0.25) is 0 Å². The smallest absolute Gasteiger partial charge is 0.282 e. The van der Waals surface area contributed by atoms with Gasteiger partial charge in [0.1, 0.15) is 5.75 Å². The van der Waals surface area contributed by atoms with E-state index in [1.165, 1.54) is 5.56 Å². The first kappa shape index (κ1) is 17.7. The van der Waals surface area contributed by atoms with Gasteiger partial charge in [0, 0.05) is 5.56 Å². The van der Waals surface area contributed by atoms with Gasteiger partial charge in [0.2, 0.25) is 5.82 Å². The van der Waals surface area contributed by atoms with Gasteiger partial charge in [-0.05, 0) is 55.3 Å². The minimum atomic E-state index is 0.222. The Morgan fingerprint density at radius 1 is 1.11 bits per heavy atom. The minimum absolute atomic E-state index is 0.222. The van der Waals surface area contributed by atoms with E-state index in [-0.39, 0.29) is 5.89 Å². The van der Waals surface area contributed by atoms with Gasteiger partial charge in [0.15, 0.2) is 11.5 Å². The van der Waals surface area contributed by atoms with Crippen molar-refractivity contribution < 1.29 is 9.26 Å². The lowest BCUT2D eigenvalue weighted by molar-refractivity contribution is 0.340. The molecule has 0 spiro atoms. The predicted molar refractivity (Wildman–Crippen MR) is 105 cm³/mol. The van der Waals surface area contributed by atoms with Crippen LogP contribution in [0, 0.1) is 0 Å². The largest absolute Gasteiger partial charge is 0.494 e. The maximum absolute atomic E-state index is 6.25. The minimum Gasteiger partial charge on any atom is -0.494 e. The fourth-order valence-corrected chi connectivity index (χ4v) is 2.84. The Bertz CT molecular complexity index is 1080. The SMILES string of the molecule is CCOc1ccc(-c2noc(-c3nnn(-c4cccc(CC)c4)c3N)n2)cc1. The van der Waals surface area contributed by atoms with Crippen LogP contribution < -0.4 is 10.5 Å². The van der Waals surface area contributed by atoms with Gasteiger partial charge in [0.25, 0.3) is 5.89 Å². The average Bonchev–Trinajstić information content (AvgIpc) is 3.35. The lowest BCUT2D eigenvalue weighted by atomic mass is 10.1. The molecule has 0 saturated carbocycles. The van der Waals surface area contributed by atoms with Crippen LogP contribution in [-0.2, 0) is 6.42 Å². The molecule has 4 rings (SSSR count). The first-order chi connectivity index (χ1) is 13.7. The molecule has 142 valence electrons. The number of rotatable bonds is 6. The zero-order valence-electron chi connectivity index (χ0n) is 15.7. The van der Waals surface area contributed by atoms with Crippen molar-refractivity contribution in [2.24, 2.45) is 0 Å². The first-order valence-corrected chi connectivity index (χ1v) is 9.07. The molecule has 2 aromatic carbocycles. The third kappa shape index (κ3) is 3.32. The first-order valence-electron chi connectivity index (χ1n) is 9.07. The van der Waals surface area contributed by atoms with Gasteiger partial charge in [-0.25, -0.2) is 0 Å². The Balaban J connectivity index is 1.63. The van der Waals surface area contributed by atoms with Crippen LogP contribution in [0.1, 0.15) is 19.4 Å². The summed E-state index contributed by atoms with van der Waals surface area (Å²) < 4.78 is 12.4. The maximum atomic E-state index is 6.25. The molecule has 0 atom stereocenters. The summed E-state index contributed by atoms with van der Waals surface area (Å²) in [5, 5.41) is 12.3. The molecule has 0 aliphatic carbocycles. The van der Waals surface area contributed by atoms with Crippen molar-refractivity contribution in [1.29, 1.82) is 0 Å². The number of hydrogen-bond acceptors (Lipinski definition) is 7. The molecule has 28 heavy (non-hydrogen) atoms. The van der Waals surface area contributed by atoms with Gasteiger partial charge in [-0.15, -0.1) is 5.10 Å². The molecule has 8 heteroatoms. The molecule has 0 amide bonds. The highest BCUT2D eigenvalue weighted by Gasteiger charge is 2.20. The van der Waals surface area contributed by atoms with E-state index in [1.54, 1.807) is 4.68 Å². The molecular weight excluding hydrogens is 356 g/mol. The fourth-order valence-electron chi connectivity index (χ4n) is 2.84. The van der Waals surface area contributed by atoms with Crippen LogP contribution in [-0.4, -0.2) is 31.7 Å². The summed E-state index contributed by atoms with van der Waals surface area (Å²) in [6, 6.07) is 15.4. The lowest BCUT2D eigenvalue weighted by Gasteiger charge is -2.04. The molecule has 0 radical (unpaired) electrons. The number of nitrogens with zero attached hydrogens (tertiary/aromatic N) is 5. The molecule has 0 fully saturated rings. The van der Waals surface area contributed by atoms with Crippen LogP contribution in [0.5, 0.6) is 5.75 Å². The van der Waals surface area contributed by atoms with Crippen LogP contribution in [0.4, 0.5) is 5.82 Å². The number of aromatic nitrogens is 5. The molecule has 0 bridgehead atoms. The van der Waals surface area contributed by atoms with Gasteiger partial charge in [-0.1, -0.05) is 29.4 Å². The molecule has 0 aliphatic heterocycles. The quantitative estimate of drug-likeness (QED) is 0.549. The molecule has 0 unspecified atom stereocenters. The van der Waals surface area contributed by atoms with Crippen LogP contribution in [0.3, 0.4) is 0 Å². The molecule has 0 saturated heterocycles. The Hall–Kier alpha value is -3.68. The van der Waals surface area contributed by atoms with E-state index in [4.69, 9.17) is 15.0 Å². The van der Waals surface area contributed by atoms with Gasteiger partial charge in [-0.2, -0.15) is 9.67 Å². The summed E-state index contributed by atoms with van der Waals surface area (Å²) in [5.41, 5.74) is 9.43. The van der Waals surface area contributed by atoms with E-state index in [0.717, 1.165) is 23.4 Å². The number of benzene rings is 2. The Labute approximate surface area is 161 Å². The Kier molecular flexibility index (Phi) is 4.76. The molecule has 0 aliphatic rings. The molecule has 2 heterocycles. The third-order valence-corrected chi connectivity index (χ3v) is 4.32. The van der Waals surface area contributed by atoms with E-state index in [1.807, 2.05) is 49.4 Å². The highest BCUT2D eigenvalue weighted by atomic mass is 16.5. The average molecular weight is 376 g/mol. The number of nitrogen functional groups attached to an aromatic ring is 1. The summed E-state index contributed by atoms with van der Waals surface area (Å²) in [6.07, 6.45) is 0.921. The molecule has 8 nitrogen and oxygen atoms in total. The van der Waals surface area contributed by atoms with Crippen LogP contribution >= 0.6 is 0 Å². The van der Waals surface area contributed by atoms with Crippen molar-refractivity contribution in [2.45, 2.75) is 20.3 Å². The van der Waals surface area contributed by atoms with Gasteiger partial charge >= 0.3 is 0 Å². The molecule has 4 aromatic rings. The van der Waals surface area contributed by atoms with Crippen LogP contribution in [0.15, 0.2) is 53.1 Å². The van der Waals surface area contributed by atoms with E-state index >= 15 is 0 Å². The maximum Gasteiger partial charge on any atom is 0.282 e. The van der Waals surface area contributed by atoms with Crippen molar-refractivity contribution in [3.8, 4) is 34.4 Å². The second-order valence-corrected chi connectivity index (χ2v) is 6.14. The fraction of sp³-hybridized carbons (Fsp3) is 0.200. The summed E-state index contributed by atoms with van der Waals surface area (Å²) in [6.45, 7) is 4.65. The van der Waals surface area contributed by atoms with E-state index in [0.29, 0.717) is 23.9 Å². The molecule has 2 aromatic heterocycles. The number of anilines is 1. The number of hydrogen-bond donors (Lipinski definition) is 1. The standard InChI is InChI=1S/C20H20N6O2/c1-3-13-6-5-7-15(12-13)26-18(21)17(23-25-26)20-22-19(24-28-20)14-8-10-16(11-9-14)27-4-2/h5-12H,3-4,21H2,1-2H3.